The molecule has 2 heterocycles. The van der Waals surface area contributed by atoms with Crippen molar-refractivity contribution in [3.63, 3.8) is 0 Å². The van der Waals surface area contributed by atoms with Crippen LogP contribution in [0.3, 0.4) is 0 Å². The van der Waals surface area contributed by atoms with Crippen molar-refractivity contribution in [2.45, 2.75) is 24.8 Å². The molecule has 0 bridgehead atoms. The molecule has 2 N–H and O–H groups in total. The number of anilines is 1. The van der Waals surface area contributed by atoms with Gasteiger partial charge >= 0.3 is 0 Å². The minimum absolute atomic E-state index is 0.298. The van der Waals surface area contributed by atoms with Gasteiger partial charge in [-0.25, -0.2) is 18.4 Å². The minimum Gasteiger partial charge on any atom is -0.354 e. The molecule has 1 aliphatic heterocycles. The summed E-state index contributed by atoms with van der Waals surface area (Å²) in [5, 5.41) is 0. The molecule has 3 rings (SSSR count). The zero-order valence-electron chi connectivity index (χ0n) is 12.1. The predicted molar refractivity (Wildman–Crippen MR) is 80.6 cm³/mol. The van der Waals surface area contributed by atoms with Crippen molar-refractivity contribution >= 4 is 15.8 Å². The standard InChI is InChI=1S/C13H21N5O2S/c1-21(19,20)18-4-2-17(3-5-18)13-8-12(15-9-16-13)10-6-11(14)7-10/h8-11H,2-7,14H2,1H3. The molecule has 7 nitrogen and oxygen atoms in total. The first kappa shape index (κ1) is 14.7. The Morgan fingerprint density at radius 1 is 1.19 bits per heavy atom. The molecule has 2 fully saturated rings. The van der Waals surface area contributed by atoms with E-state index in [0.717, 1.165) is 24.4 Å². The van der Waals surface area contributed by atoms with Crippen molar-refractivity contribution < 1.29 is 8.42 Å². The van der Waals surface area contributed by atoms with Gasteiger partial charge < -0.3 is 10.6 Å². The van der Waals surface area contributed by atoms with Crippen molar-refractivity contribution in [3.8, 4) is 0 Å². The highest BCUT2D eigenvalue weighted by molar-refractivity contribution is 7.88. The van der Waals surface area contributed by atoms with Crippen molar-refractivity contribution in [1.29, 1.82) is 0 Å². The highest BCUT2D eigenvalue weighted by Gasteiger charge is 2.29. The zero-order valence-corrected chi connectivity index (χ0v) is 13.0. The summed E-state index contributed by atoms with van der Waals surface area (Å²) in [5.74, 6) is 1.33. The fourth-order valence-electron chi connectivity index (χ4n) is 2.91. The van der Waals surface area contributed by atoms with Gasteiger partial charge in [0.1, 0.15) is 12.1 Å². The normalized spacial score (nSPS) is 27.4. The van der Waals surface area contributed by atoms with Gasteiger partial charge in [-0.1, -0.05) is 0 Å². The molecule has 8 heteroatoms. The average molecular weight is 311 g/mol. The molecule has 1 saturated carbocycles. The van der Waals surface area contributed by atoms with Gasteiger partial charge in [0, 0.05) is 49.9 Å². The molecule has 0 unspecified atom stereocenters. The summed E-state index contributed by atoms with van der Waals surface area (Å²) in [6.07, 6.45) is 4.82. The Hall–Kier alpha value is -1.25. The fraction of sp³-hybridized carbons (Fsp3) is 0.692. The van der Waals surface area contributed by atoms with E-state index in [1.54, 1.807) is 6.33 Å². The SMILES string of the molecule is CS(=O)(=O)N1CCN(c2cc(C3CC(N)C3)ncn2)CC1. The van der Waals surface area contributed by atoms with E-state index in [4.69, 9.17) is 5.73 Å². The number of nitrogens with zero attached hydrogens (tertiary/aromatic N) is 4. The summed E-state index contributed by atoms with van der Waals surface area (Å²) < 4.78 is 24.6. The molecular weight excluding hydrogens is 290 g/mol. The monoisotopic (exact) mass is 311 g/mol. The summed E-state index contributed by atoms with van der Waals surface area (Å²) in [5.41, 5.74) is 6.88. The lowest BCUT2D eigenvalue weighted by Gasteiger charge is -2.35. The molecule has 0 atom stereocenters. The highest BCUT2D eigenvalue weighted by atomic mass is 32.2. The van der Waals surface area contributed by atoms with Gasteiger partial charge in [-0.2, -0.15) is 4.31 Å². The number of rotatable bonds is 3. The molecule has 0 aromatic carbocycles. The molecule has 1 aliphatic carbocycles. The summed E-state index contributed by atoms with van der Waals surface area (Å²) >= 11 is 0. The predicted octanol–water partition coefficient (Wildman–Crippen LogP) is -0.237. The topological polar surface area (TPSA) is 92.4 Å². The Kier molecular flexibility index (Phi) is 3.85. The van der Waals surface area contributed by atoms with Gasteiger partial charge in [0.2, 0.25) is 10.0 Å². The average Bonchev–Trinajstić information content (AvgIpc) is 2.43. The van der Waals surface area contributed by atoms with E-state index in [1.807, 2.05) is 6.07 Å². The molecular formula is C13H21N5O2S. The van der Waals surface area contributed by atoms with E-state index >= 15 is 0 Å². The number of hydrogen-bond donors (Lipinski definition) is 1. The largest absolute Gasteiger partial charge is 0.354 e. The van der Waals surface area contributed by atoms with Crippen LogP contribution in [-0.4, -0.2) is 61.2 Å². The van der Waals surface area contributed by atoms with Crippen LogP contribution in [0.4, 0.5) is 5.82 Å². The third-order valence-corrected chi connectivity index (χ3v) is 5.60. The molecule has 0 spiro atoms. The molecule has 1 aromatic heterocycles. The maximum absolute atomic E-state index is 11.5. The first-order valence-corrected chi connectivity index (χ1v) is 9.06. The van der Waals surface area contributed by atoms with Crippen LogP contribution in [0.5, 0.6) is 0 Å². The second-order valence-corrected chi connectivity index (χ2v) is 7.86. The third kappa shape index (κ3) is 3.17. The minimum atomic E-state index is -3.09. The smallest absolute Gasteiger partial charge is 0.211 e. The number of aromatic nitrogens is 2. The number of piperazine rings is 1. The molecule has 1 aromatic rings. The van der Waals surface area contributed by atoms with Crippen LogP contribution in [0.25, 0.3) is 0 Å². The van der Waals surface area contributed by atoms with E-state index < -0.39 is 10.0 Å². The second-order valence-electron chi connectivity index (χ2n) is 5.88. The summed E-state index contributed by atoms with van der Waals surface area (Å²) in [6, 6.07) is 2.32. The van der Waals surface area contributed by atoms with Crippen molar-refractivity contribution in [3.05, 3.63) is 18.1 Å². The Bertz CT molecular complexity index is 607. The van der Waals surface area contributed by atoms with E-state index in [2.05, 4.69) is 14.9 Å². The maximum Gasteiger partial charge on any atom is 0.211 e. The Morgan fingerprint density at radius 3 is 2.43 bits per heavy atom. The summed E-state index contributed by atoms with van der Waals surface area (Å²) in [6.45, 7) is 2.33. The Balaban J connectivity index is 1.67. The van der Waals surface area contributed by atoms with Crippen LogP contribution in [0.2, 0.25) is 0 Å². The third-order valence-electron chi connectivity index (χ3n) is 4.30. The molecule has 21 heavy (non-hydrogen) atoms. The van der Waals surface area contributed by atoms with E-state index in [9.17, 15) is 8.42 Å². The van der Waals surface area contributed by atoms with Crippen molar-refractivity contribution in [1.82, 2.24) is 14.3 Å². The lowest BCUT2D eigenvalue weighted by atomic mass is 9.78. The Labute approximate surface area is 125 Å². The van der Waals surface area contributed by atoms with Gasteiger partial charge in [0.15, 0.2) is 0 Å². The molecule has 1 saturated heterocycles. The molecule has 0 radical (unpaired) electrons. The number of nitrogens with two attached hydrogens (primary N) is 1. The van der Waals surface area contributed by atoms with E-state index in [0.29, 0.717) is 38.1 Å². The van der Waals surface area contributed by atoms with Crippen LogP contribution in [0, 0.1) is 0 Å². The van der Waals surface area contributed by atoms with Gasteiger partial charge in [-0.3, -0.25) is 0 Å². The van der Waals surface area contributed by atoms with Crippen LogP contribution in [0.1, 0.15) is 24.5 Å². The number of hydrogen-bond acceptors (Lipinski definition) is 6. The van der Waals surface area contributed by atoms with E-state index in [1.165, 1.54) is 10.6 Å². The molecule has 2 aliphatic rings. The zero-order chi connectivity index (χ0) is 15.0. The van der Waals surface area contributed by atoms with Crippen LogP contribution < -0.4 is 10.6 Å². The van der Waals surface area contributed by atoms with Gasteiger partial charge in [0.05, 0.1) is 6.26 Å². The van der Waals surface area contributed by atoms with Crippen molar-refractivity contribution in [2.24, 2.45) is 5.73 Å². The number of sulfonamides is 1. The Morgan fingerprint density at radius 2 is 1.86 bits per heavy atom. The molecule has 0 amide bonds. The summed E-state index contributed by atoms with van der Waals surface area (Å²) in [7, 11) is -3.09. The highest BCUT2D eigenvalue weighted by Crippen LogP contribution is 2.35. The quantitative estimate of drug-likeness (QED) is 0.828. The lowest BCUT2D eigenvalue weighted by Crippen LogP contribution is -2.48. The molecule has 116 valence electrons. The van der Waals surface area contributed by atoms with E-state index in [-0.39, 0.29) is 0 Å². The lowest BCUT2D eigenvalue weighted by molar-refractivity contribution is 0.344. The summed E-state index contributed by atoms with van der Waals surface area (Å²) in [4.78, 5) is 10.8. The van der Waals surface area contributed by atoms with Gasteiger partial charge in [0.25, 0.3) is 0 Å². The van der Waals surface area contributed by atoms with Gasteiger partial charge in [-0.05, 0) is 12.8 Å². The van der Waals surface area contributed by atoms with Crippen LogP contribution in [-0.2, 0) is 10.0 Å². The first-order valence-electron chi connectivity index (χ1n) is 7.21. The second kappa shape index (κ2) is 5.51. The fourth-order valence-corrected chi connectivity index (χ4v) is 3.74. The van der Waals surface area contributed by atoms with Crippen molar-refractivity contribution in [2.75, 3.05) is 37.3 Å². The first-order chi connectivity index (χ1) is 9.93. The maximum atomic E-state index is 11.5. The van der Waals surface area contributed by atoms with Crippen LogP contribution >= 0.6 is 0 Å². The van der Waals surface area contributed by atoms with Gasteiger partial charge in [-0.15, -0.1) is 0 Å². The van der Waals surface area contributed by atoms with Crippen LogP contribution in [0.15, 0.2) is 12.4 Å².